The van der Waals surface area contributed by atoms with Crippen LogP contribution in [0.2, 0.25) is 0 Å². The normalized spacial score (nSPS) is 12.0. The van der Waals surface area contributed by atoms with Gasteiger partial charge in [0.15, 0.2) is 0 Å². The molecule has 5 heteroatoms. The van der Waals surface area contributed by atoms with Crippen molar-refractivity contribution < 1.29 is 9.84 Å². The van der Waals surface area contributed by atoms with Crippen molar-refractivity contribution in [2.75, 3.05) is 6.61 Å². The average Bonchev–Trinajstić information content (AvgIpc) is 2.99. The van der Waals surface area contributed by atoms with Gasteiger partial charge < -0.3 is 14.4 Å². The number of benzene rings is 2. The molecule has 2 aromatic carbocycles. The lowest BCUT2D eigenvalue weighted by atomic mass is 10.2. The quantitative estimate of drug-likeness (QED) is 0.720. The van der Waals surface area contributed by atoms with Crippen LogP contribution in [0.3, 0.4) is 0 Å². The predicted molar refractivity (Wildman–Crippen MR) is 96.4 cm³/mol. The summed E-state index contributed by atoms with van der Waals surface area (Å²) in [4.78, 5) is 4.61. The highest BCUT2D eigenvalue weighted by atomic mass is 16.5. The second-order valence-electron chi connectivity index (χ2n) is 5.92. The smallest absolute Gasteiger partial charge is 0.119 e. The molecule has 0 amide bonds. The molecule has 3 rings (SSSR count). The molecule has 0 aliphatic heterocycles. The highest BCUT2D eigenvalue weighted by Crippen LogP contribution is 2.18. The van der Waals surface area contributed by atoms with Gasteiger partial charge in [-0.2, -0.15) is 5.26 Å². The maximum Gasteiger partial charge on any atom is 0.119 e. The number of nitriles is 1. The fourth-order valence-corrected chi connectivity index (χ4v) is 2.85. The summed E-state index contributed by atoms with van der Waals surface area (Å²) in [6.45, 7) is 2.70. The van der Waals surface area contributed by atoms with Gasteiger partial charge >= 0.3 is 0 Å². The van der Waals surface area contributed by atoms with Gasteiger partial charge in [-0.3, -0.25) is 0 Å². The molecule has 0 aliphatic rings. The Hall–Kier alpha value is -2.84. The number of aliphatic hydroxyl groups excluding tert-OH is 1. The van der Waals surface area contributed by atoms with Crippen LogP contribution in [0.15, 0.2) is 48.5 Å². The van der Waals surface area contributed by atoms with E-state index in [-0.39, 0.29) is 6.61 Å². The number of ether oxygens (including phenoxy) is 1. The van der Waals surface area contributed by atoms with Crippen molar-refractivity contribution in [3.8, 4) is 11.8 Å². The summed E-state index contributed by atoms with van der Waals surface area (Å²) in [6.07, 6.45) is 0.556. The molecule has 0 saturated carbocycles. The van der Waals surface area contributed by atoms with E-state index in [0.717, 1.165) is 28.8 Å². The standard InChI is InChI=1S/C20H21N3O2/c1-2-20-22-18-5-3-4-6-19(18)23(20)13-16(24)14-25-17-9-7-15(8-10-17)11-12-21/h3-10,16,24H,2,11,13-14H2,1H3/t16-/m1/s1. The van der Waals surface area contributed by atoms with Gasteiger partial charge in [-0.25, -0.2) is 4.98 Å². The molecule has 1 atom stereocenters. The number of aromatic nitrogens is 2. The van der Waals surface area contributed by atoms with E-state index >= 15 is 0 Å². The van der Waals surface area contributed by atoms with Crippen molar-refractivity contribution in [2.45, 2.75) is 32.4 Å². The molecule has 0 radical (unpaired) electrons. The molecule has 1 heterocycles. The Balaban J connectivity index is 1.65. The third-order valence-electron chi connectivity index (χ3n) is 4.09. The van der Waals surface area contributed by atoms with E-state index in [1.54, 1.807) is 0 Å². The number of fused-ring (bicyclic) bond motifs is 1. The van der Waals surface area contributed by atoms with E-state index in [0.29, 0.717) is 18.7 Å². The summed E-state index contributed by atoms with van der Waals surface area (Å²) >= 11 is 0. The molecule has 1 N–H and O–H groups in total. The molecule has 25 heavy (non-hydrogen) atoms. The molecule has 0 spiro atoms. The van der Waals surface area contributed by atoms with Crippen LogP contribution in [0.4, 0.5) is 0 Å². The minimum absolute atomic E-state index is 0.202. The van der Waals surface area contributed by atoms with E-state index in [4.69, 9.17) is 10.00 Å². The molecule has 5 nitrogen and oxygen atoms in total. The molecular formula is C20H21N3O2. The van der Waals surface area contributed by atoms with Crippen LogP contribution < -0.4 is 4.74 Å². The Morgan fingerprint density at radius 3 is 2.68 bits per heavy atom. The summed E-state index contributed by atoms with van der Waals surface area (Å²) in [6, 6.07) is 17.4. The Labute approximate surface area is 147 Å². The summed E-state index contributed by atoms with van der Waals surface area (Å²) in [7, 11) is 0. The highest BCUT2D eigenvalue weighted by Gasteiger charge is 2.13. The number of hydrogen-bond acceptors (Lipinski definition) is 4. The monoisotopic (exact) mass is 335 g/mol. The van der Waals surface area contributed by atoms with Gasteiger partial charge in [0.25, 0.3) is 0 Å². The van der Waals surface area contributed by atoms with Crippen molar-refractivity contribution in [2.24, 2.45) is 0 Å². The molecule has 0 fully saturated rings. The number of hydrogen-bond donors (Lipinski definition) is 1. The third-order valence-corrected chi connectivity index (χ3v) is 4.09. The molecule has 3 aromatic rings. The fraction of sp³-hybridized carbons (Fsp3) is 0.300. The average molecular weight is 335 g/mol. The zero-order valence-electron chi connectivity index (χ0n) is 14.2. The Morgan fingerprint density at radius 2 is 1.96 bits per heavy atom. The number of imidazole rings is 1. The second-order valence-corrected chi connectivity index (χ2v) is 5.92. The van der Waals surface area contributed by atoms with E-state index in [2.05, 4.69) is 22.5 Å². The topological polar surface area (TPSA) is 71.1 Å². The number of aryl methyl sites for hydroxylation is 1. The Bertz CT molecular complexity index is 878. The van der Waals surface area contributed by atoms with Crippen LogP contribution in [0.1, 0.15) is 18.3 Å². The Kier molecular flexibility index (Phi) is 5.32. The molecule has 128 valence electrons. The van der Waals surface area contributed by atoms with Crippen LogP contribution >= 0.6 is 0 Å². The van der Waals surface area contributed by atoms with Crippen molar-refractivity contribution >= 4 is 11.0 Å². The number of aliphatic hydroxyl groups is 1. The van der Waals surface area contributed by atoms with Gasteiger partial charge in [-0.15, -0.1) is 0 Å². The summed E-state index contributed by atoms with van der Waals surface area (Å²) < 4.78 is 7.72. The molecule has 1 aromatic heterocycles. The first-order valence-electron chi connectivity index (χ1n) is 8.42. The molecule has 0 aliphatic carbocycles. The SMILES string of the molecule is CCc1nc2ccccc2n1C[C@@H](O)COc1ccc(CC#N)cc1. The van der Waals surface area contributed by atoms with Gasteiger partial charge in [0.05, 0.1) is 30.1 Å². The minimum Gasteiger partial charge on any atom is -0.491 e. The summed E-state index contributed by atoms with van der Waals surface area (Å²) in [5.74, 6) is 1.65. The predicted octanol–water partition coefficient (Wildman–Crippen LogP) is 3.10. The number of rotatable bonds is 7. The molecular weight excluding hydrogens is 314 g/mol. The largest absolute Gasteiger partial charge is 0.491 e. The second kappa shape index (κ2) is 7.82. The minimum atomic E-state index is -0.637. The Morgan fingerprint density at radius 1 is 1.20 bits per heavy atom. The van der Waals surface area contributed by atoms with Crippen LogP contribution in [0, 0.1) is 11.3 Å². The van der Waals surface area contributed by atoms with Crippen molar-refractivity contribution in [1.29, 1.82) is 5.26 Å². The van der Waals surface area contributed by atoms with Gasteiger partial charge in [-0.1, -0.05) is 31.2 Å². The molecule has 0 unspecified atom stereocenters. The van der Waals surface area contributed by atoms with Crippen LogP contribution in [0.5, 0.6) is 5.75 Å². The lowest BCUT2D eigenvalue weighted by Crippen LogP contribution is -2.24. The first kappa shape index (κ1) is 17.0. The van der Waals surface area contributed by atoms with Gasteiger partial charge in [0.2, 0.25) is 0 Å². The maximum atomic E-state index is 10.4. The van der Waals surface area contributed by atoms with Crippen molar-refractivity contribution in [3.63, 3.8) is 0 Å². The van der Waals surface area contributed by atoms with E-state index in [1.165, 1.54) is 0 Å². The lowest BCUT2D eigenvalue weighted by molar-refractivity contribution is 0.0927. The lowest BCUT2D eigenvalue weighted by Gasteiger charge is -2.15. The first-order chi connectivity index (χ1) is 12.2. The van der Waals surface area contributed by atoms with Gasteiger partial charge in [0, 0.05) is 6.42 Å². The van der Waals surface area contributed by atoms with E-state index < -0.39 is 6.10 Å². The summed E-state index contributed by atoms with van der Waals surface area (Å²) in [5.41, 5.74) is 2.92. The van der Waals surface area contributed by atoms with Crippen LogP contribution in [-0.2, 0) is 19.4 Å². The zero-order valence-corrected chi connectivity index (χ0v) is 14.2. The maximum absolute atomic E-state index is 10.4. The van der Waals surface area contributed by atoms with Gasteiger partial charge in [0.1, 0.15) is 24.3 Å². The number of para-hydroxylation sites is 2. The van der Waals surface area contributed by atoms with Gasteiger partial charge in [-0.05, 0) is 29.8 Å². The zero-order chi connectivity index (χ0) is 17.6. The third kappa shape index (κ3) is 3.98. The van der Waals surface area contributed by atoms with Crippen molar-refractivity contribution in [1.82, 2.24) is 9.55 Å². The first-order valence-corrected chi connectivity index (χ1v) is 8.42. The summed E-state index contributed by atoms with van der Waals surface area (Å²) in [5, 5.41) is 19.1. The highest BCUT2D eigenvalue weighted by molar-refractivity contribution is 5.75. The molecule has 0 saturated heterocycles. The van der Waals surface area contributed by atoms with Crippen LogP contribution in [0.25, 0.3) is 11.0 Å². The number of nitrogens with zero attached hydrogens (tertiary/aromatic N) is 3. The van der Waals surface area contributed by atoms with E-state index in [1.807, 2.05) is 48.5 Å². The fourth-order valence-electron chi connectivity index (χ4n) is 2.85. The van der Waals surface area contributed by atoms with Crippen molar-refractivity contribution in [3.05, 3.63) is 59.9 Å². The molecule has 0 bridgehead atoms. The van der Waals surface area contributed by atoms with Crippen LogP contribution in [-0.4, -0.2) is 27.4 Å². The van der Waals surface area contributed by atoms with E-state index in [9.17, 15) is 5.11 Å².